The van der Waals surface area contributed by atoms with E-state index in [2.05, 4.69) is 22.9 Å². The molecule has 0 spiro atoms. The first-order chi connectivity index (χ1) is 13.5. The van der Waals surface area contributed by atoms with Gasteiger partial charge in [0.2, 0.25) is 0 Å². The SMILES string of the molecule is CCCCCCCCOC(=O)c1ccccc1C(=O)Oc1ccc(F)cc1Br. The Bertz CT molecular complexity index is 807. The van der Waals surface area contributed by atoms with Crippen molar-refractivity contribution >= 4 is 27.9 Å². The predicted octanol–water partition coefficient (Wildman–Crippen LogP) is 6.32. The molecule has 0 amide bonds. The van der Waals surface area contributed by atoms with Crippen molar-refractivity contribution < 1.29 is 23.5 Å². The van der Waals surface area contributed by atoms with Gasteiger partial charge in [-0.15, -0.1) is 0 Å². The molecule has 150 valence electrons. The van der Waals surface area contributed by atoms with E-state index in [0.717, 1.165) is 19.3 Å². The molecule has 0 heterocycles. The predicted molar refractivity (Wildman–Crippen MR) is 109 cm³/mol. The van der Waals surface area contributed by atoms with Gasteiger partial charge in [0.1, 0.15) is 11.6 Å². The number of unbranched alkanes of at least 4 members (excludes halogenated alkanes) is 5. The zero-order valence-electron chi connectivity index (χ0n) is 15.9. The first-order valence-corrected chi connectivity index (χ1v) is 10.3. The number of halogens is 2. The fourth-order valence-corrected chi connectivity index (χ4v) is 3.11. The van der Waals surface area contributed by atoms with Gasteiger partial charge in [-0.05, 0) is 52.7 Å². The smallest absolute Gasteiger partial charge is 0.344 e. The number of carbonyl (C=O) groups is 2. The minimum atomic E-state index is -0.709. The zero-order chi connectivity index (χ0) is 20.4. The number of hydrogen-bond donors (Lipinski definition) is 0. The fraction of sp³-hybridized carbons (Fsp3) is 0.364. The summed E-state index contributed by atoms with van der Waals surface area (Å²) in [5.74, 6) is -1.55. The summed E-state index contributed by atoms with van der Waals surface area (Å²) in [6.45, 7) is 2.48. The van der Waals surface area contributed by atoms with E-state index in [-0.39, 0.29) is 16.9 Å². The van der Waals surface area contributed by atoms with E-state index in [9.17, 15) is 14.0 Å². The molecular weight excluding hydrogens is 427 g/mol. The molecule has 0 saturated carbocycles. The lowest BCUT2D eigenvalue weighted by Gasteiger charge is -2.10. The van der Waals surface area contributed by atoms with Gasteiger partial charge in [0.15, 0.2) is 0 Å². The van der Waals surface area contributed by atoms with Gasteiger partial charge < -0.3 is 9.47 Å². The van der Waals surface area contributed by atoms with Gasteiger partial charge in [0, 0.05) is 0 Å². The second kappa shape index (κ2) is 11.6. The molecule has 2 aromatic rings. The molecule has 0 aromatic heterocycles. The summed E-state index contributed by atoms with van der Waals surface area (Å²) in [6, 6.07) is 10.1. The number of hydrogen-bond acceptors (Lipinski definition) is 4. The highest BCUT2D eigenvalue weighted by Gasteiger charge is 2.20. The Morgan fingerprint density at radius 2 is 1.57 bits per heavy atom. The standard InChI is InChI=1S/C22H24BrFO4/c1-2-3-4-5-6-9-14-27-21(25)17-10-7-8-11-18(17)22(26)28-20-13-12-16(24)15-19(20)23/h7-8,10-13,15H,2-6,9,14H2,1H3. The van der Waals surface area contributed by atoms with Crippen LogP contribution in [0.15, 0.2) is 46.9 Å². The van der Waals surface area contributed by atoms with Gasteiger partial charge in [-0.25, -0.2) is 14.0 Å². The van der Waals surface area contributed by atoms with Crippen molar-refractivity contribution in [3.8, 4) is 5.75 Å². The molecule has 0 aliphatic heterocycles. The Kier molecular flexibility index (Phi) is 9.14. The van der Waals surface area contributed by atoms with E-state index in [1.165, 1.54) is 49.6 Å². The van der Waals surface area contributed by atoms with Crippen LogP contribution in [0, 0.1) is 5.82 Å². The molecule has 0 aliphatic rings. The Labute approximate surface area is 173 Å². The summed E-state index contributed by atoms with van der Waals surface area (Å²) in [6.07, 6.45) is 6.54. The number of rotatable bonds is 10. The minimum Gasteiger partial charge on any atom is -0.462 e. The molecular formula is C22H24BrFO4. The highest BCUT2D eigenvalue weighted by atomic mass is 79.9. The zero-order valence-corrected chi connectivity index (χ0v) is 17.5. The van der Waals surface area contributed by atoms with Crippen LogP contribution in [0.4, 0.5) is 4.39 Å². The van der Waals surface area contributed by atoms with Crippen LogP contribution < -0.4 is 4.74 Å². The van der Waals surface area contributed by atoms with Gasteiger partial charge in [-0.2, -0.15) is 0 Å². The quantitative estimate of drug-likeness (QED) is 0.241. The highest BCUT2D eigenvalue weighted by molar-refractivity contribution is 9.10. The summed E-state index contributed by atoms with van der Waals surface area (Å²) in [7, 11) is 0. The molecule has 2 rings (SSSR count). The van der Waals surface area contributed by atoms with Crippen LogP contribution in [-0.2, 0) is 4.74 Å². The molecule has 0 aliphatic carbocycles. The minimum absolute atomic E-state index is 0.103. The Balaban J connectivity index is 1.95. The topological polar surface area (TPSA) is 52.6 Å². The van der Waals surface area contributed by atoms with Crippen LogP contribution in [0.5, 0.6) is 5.75 Å². The molecule has 0 fully saturated rings. The van der Waals surface area contributed by atoms with Crippen LogP contribution in [0.25, 0.3) is 0 Å². The molecule has 0 atom stereocenters. The molecule has 0 bridgehead atoms. The van der Waals surface area contributed by atoms with E-state index in [1.54, 1.807) is 12.1 Å². The summed E-state index contributed by atoms with van der Waals surface area (Å²) in [4.78, 5) is 24.9. The lowest BCUT2D eigenvalue weighted by Crippen LogP contribution is -2.16. The van der Waals surface area contributed by atoms with Crippen molar-refractivity contribution in [2.75, 3.05) is 6.61 Å². The van der Waals surface area contributed by atoms with Crippen molar-refractivity contribution in [2.45, 2.75) is 45.4 Å². The molecule has 6 heteroatoms. The fourth-order valence-electron chi connectivity index (χ4n) is 2.68. The molecule has 2 aromatic carbocycles. The summed E-state index contributed by atoms with van der Waals surface area (Å²) in [5.41, 5.74) is 0.253. The summed E-state index contributed by atoms with van der Waals surface area (Å²) in [5, 5.41) is 0. The lowest BCUT2D eigenvalue weighted by atomic mass is 10.1. The monoisotopic (exact) mass is 450 g/mol. The molecule has 0 unspecified atom stereocenters. The van der Waals surface area contributed by atoms with Crippen molar-refractivity contribution in [1.82, 2.24) is 0 Å². The third kappa shape index (κ3) is 6.75. The van der Waals surface area contributed by atoms with Gasteiger partial charge in [0.05, 0.1) is 22.2 Å². The van der Waals surface area contributed by atoms with Crippen molar-refractivity contribution in [3.05, 3.63) is 63.9 Å². The van der Waals surface area contributed by atoms with Crippen LogP contribution >= 0.6 is 15.9 Å². The second-order valence-electron chi connectivity index (χ2n) is 6.41. The molecule has 0 radical (unpaired) electrons. The maximum absolute atomic E-state index is 13.2. The first kappa shape index (κ1) is 22.1. The van der Waals surface area contributed by atoms with Crippen molar-refractivity contribution in [3.63, 3.8) is 0 Å². The normalized spacial score (nSPS) is 10.5. The van der Waals surface area contributed by atoms with Gasteiger partial charge in [-0.3, -0.25) is 0 Å². The van der Waals surface area contributed by atoms with E-state index in [1.807, 2.05) is 0 Å². The van der Waals surface area contributed by atoms with Crippen LogP contribution in [0.2, 0.25) is 0 Å². The Hall–Kier alpha value is -2.21. The number of benzene rings is 2. The first-order valence-electron chi connectivity index (χ1n) is 9.46. The third-order valence-corrected chi connectivity index (χ3v) is 4.81. The Morgan fingerprint density at radius 3 is 2.25 bits per heavy atom. The molecule has 0 saturated heterocycles. The molecule has 4 nitrogen and oxygen atoms in total. The van der Waals surface area contributed by atoms with Gasteiger partial charge in [-0.1, -0.05) is 51.2 Å². The van der Waals surface area contributed by atoms with E-state index >= 15 is 0 Å². The Morgan fingerprint density at radius 1 is 0.929 bits per heavy atom. The van der Waals surface area contributed by atoms with Crippen molar-refractivity contribution in [2.24, 2.45) is 0 Å². The van der Waals surface area contributed by atoms with Gasteiger partial charge in [0.25, 0.3) is 0 Å². The van der Waals surface area contributed by atoms with E-state index < -0.39 is 17.8 Å². The largest absolute Gasteiger partial charge is 0.462 e. The highest BCUT2D eigenvalue weighted by Crippen LogP contribution is 2.26. The third-order valence-electron chi connectivity index (χ3n) is 4.19. The molecule has 0 N–H and O–H groups in total. The summed E-state index contributed by atoms with van der Waals surface area (Å²) >= 11 is 3.15. The lowest BCUT2D eigenvalue weighted by molar-refractivity contribution is 0.0489. The average molecular weight is 451 g/mol. The van der Waals surface area contributed by atoms with Crippen LogP contribution in [0.3, 0.4) is 0 Å². The molecule has 28 heavy (non-hydrogen) atoms. The number of carbonyl (C=O) groups excluding carboxylic acids is 2. The maximum Gasteiger partial charge on any atom is 0.344 e. The van der Waals surface area contributed by atoms with E-state index in [4.69, 9.17) is 9.47 Å². The number of ether oxygens (including phenoxy) is 2. The average Bonchev–Trinajstić information content (AvgIpc) is 2.69. The van der Waals surface area contributed by atoms with E-state index in [0.29, 0.717) is 11.1 Å². The van der Waals surface area contributed by atoms with Gasteiger partial charge >= 0.3 is 11.9 Å². The van der Waals surface area contributed by atoms with Crippen molar-refractivity contribution in [1.29, 1.82) is 0 Å². The number of esters is 2. The maximum atomic E-state index is 13.2. The summed E-state index contributed by atoms with van der Waals surface area (Å²) < 4.78 is 24.1. The van der Waals surface area contributed by atoms with Crippen LogP contribution in [0.1, 0.15) is 66.2 Å². The second-order valence-corrected chi connectivity index (χ2v) is 7.27. The van der Waals surface area contributed by atoms with Crippen LogP contribution in [-0.4, -0.2) is 18.5 Å².